The first-order chi connectivity index (χ1) is 17.3. The summed E-state index contributed by atoms with van der Waals surface area (Å²) >= 11 is 0. The molecule has 3 aromatic carbocycles. The number of amidine groups is 1. The van der Waals surface area contributed by atoms with Gasteiger partial charge in [-0.2, -0.15) is 0 Å². The summed E-state index contributed by atoms with van der Waals surface area (Å²) in [6.45, 7) is 7.87. The molecule has 37 heavy (non-hydrogen) atoms. The number of amides is 2. The van der Waals surface area contributed by atoms with E-state index < -0.39 is 11.9 Å². The molecule has 9 heteroatoms. The van der Waals surface area contributed by atoms with Crippen molar-refractivity contribution in [1.82, 2.24) is 5.32 Å². The van der Waals surface area contributed by atoms with Crippen LogP contribution in [0.3, 0.4) is 0 Å². The van der Waals surface area contributed by atoms with Crippen molar-refractivity contribution in [1.29, 1.82) is 5.41 Å². The zero-order valence-electron chi connectivity index (χ0n) is 21.2. The minimum absolute atomic E-state index is 0.0952. The Labute approximate surface area is 215 Å². The molecule has 0 fully saturated rings. The van der Waals surface area contributed by atoms with Gasteiger partial charge in [-0.1, -0.05) is 32.9 Å². The molecule has 0 saturated carbocycles. The predicted molar refractivity (Wildman–Crippen MR) is 145 cm³/mol. The van der Waals surface area contributed by atoms with Crippen LogP contribution >= 0.6 is 0 Å². The van der Waals surface area contributed by atoms with E-state index >= 15 is 0 Å². The Bertz CT molecular complexity index is 1370. The lowest BCUT2D eigenvalue weighted by molar-refractivity contribution is 0.0697. The number of aromatic carboxylic acids is 1. The lowest BCUT2D eigenvalue weighted by atomic mass is 9.87. The second-order valence-corrected chi connectivity index (χ2v) is 9.88. The molecular formula is C28H31N5O4. The van der Waals surface area contributed by atoms with E-state index in [2.05, 4.69) is 10.6 Å². The summed E-state index contributed by atoms with van der Waals surface area (Å²) < 4.78 is 0. The van der Waals surface area contributed by atoms with E-state index in [4.69, 9.17) is 16.9 Å². The maximum Gasteiger partial charge on any atom is 0.336 e. The van der Waals surface area contributed by atoms with E-state index in [9.17, 15) is 19.5 Å². The van der Waals surface area contributed by atoms with Gasteiger partial charge in [0, 0.05) is 34.1 Å². The molecule has 2 amide bonds. The van der Waals surface area contributed by atoms with Crippen LogP contribution in [0.2, 0.25) is 0 Å². The highest BCUT2D eigenvalue weighted by atomic mass is 16.4. The van der Waals surface area contributed by atoms with E-state index in [1.807, 2.05) is 27.7 Å². The molecule has 192 valence electrons. The van der Waals surface area contributed by atoms with E-state index in [-0.39, 0.29) is 45.5 Å². The highest BCUT2D eigenvalue weighted by molar-refractivity contribution is 6.11. The summed E-state index contributed by atoms with van der Waals surface area (Å²) in [6, 6.07) is 15.2. The smallest absolute Gasteiger partial charge is 0.336 e. The summed E-state index contributed by atoms with van der Waals surface area (Å²) in [6.07, 6.45) is 0. The molecule has 3 aromatic rings. The van der Waals surface area contributed by atoms with Crippen molar-refractivity contribution in [3.63, 3.8) is 0 Å². The van der Waals surface area contributed by atoms with Crippen molar-refractivity contribution in [2.45, 2.75) is 33.7 Å². The molecule has 0 aliphatic heterocycles. The summed E-state index contributed by atoms with van der Waals surface area (Å²) in [5, 5.41) is 23.1. The quantitative estimate of drug-likeness (QED) is 0.160. The molecular weight excluding hydrogens is 470 g/mol. The van der Waals surface area contributed by atoms with Gasteiger partial charge >= 0.3 is 5.97 Å². The second-order valence-electron chi connectivity index (χ2n) is 9.88. The molecule has 0 heterocycles. The van der Waals surface area contributed by atoms with Gasteiger partial charge in [0.1, 0.15) is 5.84 Å². The number of nitrogens with one attached hydrogen (secondary N) is 3. The molecule has 0 radical (unpaired) electrons. The van der Waals surface area contributed by atoms with Gasteiger partial charge in [0.2, 0.25) is 0 Å². The van der Waals surface area contributed by atoms with Crippen LogP contribution in [0.25, 0.3) is 11.1 Å². The summed E-state index contributed by atoms with van der Waals surface area (Å²) in [5.74, 6) is -2.23. The third kappa shape index (κ3) is 6.32. The second kappa shape index (κ2) is 10.5. The van der Waals surface area contributed by atoms with Crippen LogP contribution in [-0.4, -0.2) is 34.8 Å². The number of rotatable bonds is 7. The Morgan fingerprint density at radius 3 is 2.00 bits per heavy atom. The Morgan fingerprint density at radius 1 is 0.865 bits per heavy atom. The van der Waals surface area contributed by atoms with Gasteiger partial charge in [-0.25, -0.2) is 4.79 Å². The third-order valence-electron chi connectivity index (χ3n) is 6.19. The molecule has 8 N–H and O–H groups in total. The van der Waals surface area contributed by atoms with Crippen molar-refractivity contribution in [3.8, 4) is 11.1 Å². The molecule has 0 saturated heterocycles. The molecule has 0 unspecified atom stereocenters. The fourth-order valence-electron chi connectivity index (χ4n) is 3.51. The highest BCUT2D eigenvalue weighted by Crippen LogP contribution is 2.31. The van der Waals surface area contributed by atoms with Gasteiger partial charge < -0.3 is 27.2 Å². The number of anilines is 2. The molecule has 0 aliphatic carbocycles. The van der Waals surface area contributed by atoms with Gasteiger partial charge in [-0.3, -0.25) is 15.0 Å². The topological polar surface area (TPSA) is 171 Å². The Hall–Kier alpha value is -4.66. The highest BCUT2D eigenvalue weighted by Gasteiger charge is 2.24. The SMILES string of the molecule is C[C@@H](NC(=O)c1ccc(-c2ccc(N)cc2C(=O)Nc2ccc(C(=N)N)cc2)c(C(=O)O)c1)C(C)(C)C. The number of benzene rings is 3. The fraction of sp³-hybridized carbons (Fsp3) is 0.214. The normalized spacial score (nSPS) is 11.9. The zero-order chi connectivity index (χ0) is 27.5. The first-order valence-electron chi connectivity index (χ1n) is 11.6. The Morgan fingerprint density at radius 2 is 1.43 bits per heavy atom. The van der Waals surface area contributed by atoms with E-state index in [1.54, 1.807) is 36.4 Å². The largest absolute Gasteiger partial charge is 0.478 e. The van der Waals surface area contributed by atoms with Crippen molar-refractivity contribution in [2.75, 3.05) is 11.1 Å². The van der Waals surface area contributed by atoms with E-state index in [0.29, 0.717) is 22.5 Å². The van der Waals surface area contributed by atoms with E-state index in [0.717, 1.165) is 0 Å². The van der Waals surface area contributed by atoms with Crippen LogP contribution in [0.4, 0.5) is 11.4 Å². The fourth-order valence-corrected chi connectivity index (χ4v) is 3.51. The predicted octanol–water partition coefficient (Wildman–Crippen LogP) is 4.33. The average molecular weight is 502 g/mol. The number of carboxylic acids is 1. The van der Waals surface area contributed by atoms with Crippen LogP contribution in [0.5, 0.6) is 0 Å². The number of nitrogens with two attached hydrogens (primary N) is 2. The summed E-state index contributed by atoms with van der Waals surface area (Å²) in [4.78, 5) is 38.2. The zero-order valence-corrected chi connectivity index (χ0v) is 21.2. The number of carbonyl (C=O) groups excluding carboxylic acids is 2. The van der Waals surface area contributed by atoms with E-state index in [1.165, 1.54) is 24.3 Å². The number of hydrogen-bond donors (Lipinski definition) is 6. The van der Waals surface area contributed by atoms with Crippen LogP contribution < -0.4 is 22.1 Å². The average Bonchev–Trinajstić information content (AvgIpc) is 2.83. The Kier molecular flexibility index (Phi) is 7.67. The number of nitrogen functional groups attached to an aromatic ring is 2. The molecule has 0 spiro atoms. The van der Waals surface area contributed by atoms with Crippen molar-refractivity contribution in [3.05, 3.63) is 82.9 Å². The molecule has 1 atom stereocenters. The van der Waals surface area contributed by atoms with Crippen LogP contribution in [0, 0.1) is 10.8 Å². The number of carbonyl (C=O) groups is 3. The van der Waals surface area contributed by atoms with Crippen molar-refractivity contribution in [2.24, 2.45) is 11.1 Å². The summed E-state index contributed by atoms with van der Waals surface area (Å²) in [5.41, 5.74) is 13.4. The lowest BCUT2D eigenvalue weighted by Crippen LogP contribution is -2.41. The van der Waals surface area contributed by atoms with Crippen molar-refractivity contribution < 1.29 is 19.5 Å². The van der Waals surface area contributed by atoms with Gasteiger partial charge in [0.15, 0.2) is 0 Å². The monoisotopic (exact) mass is 501 g/mol. The Balaban J connectivity index is 1.99. The van der Waals surface area contributed by atoms with Crippen LogP contribution in [0.1, 0.15) is 64.3 Å². The van der Waals surface area contributed by atoms with Gasteiger partial charge in [0.25, 0.3) is 11.8 Å². The number of carboxylic acid groups (broad SMARTS) is 1. The maximum absolute atomic E-state index is 13.2. The minimum Gasteiger partial charge on any atom is -0.478 e. The molecule has 0 aliphatic rings. The lowest BCUT2D eigenvalue weighted by Gasteiger charge is -2.28. The van der Waals surface area contributed by atoms with Gasteiger partial charge in [-0.15, -0.1) is 0 Å². The molecule has 3 rings (SSSR count). The number of hydrogen-bond acceptors (Lipinski definition) is 5. The molecule has 9 nitrogen and oxygen atoms in total. The molecule has 0 bridgehead atoms. The minimum atomic E-state index is -1.24. The van der Waals surface area contributed by atoms with Crippen LogP contribution in [0.15, 0.2) is 60.7 Å². The van der Waals surface area contributed by atoms with Gasteiger partial charge in [0.05, 0.1) is 5.56 Å². The first kappa shape index (κ1) is 26.9. The van der Waals surface area contributed by atoms with Gasteiger partial charge in [-0.05, 0) is 72.0 Å². The maximum atomic E-state index is 13.2. The first-order valence-corrected chi connectivity index (χ1v) is 11.6. The summed E-state index contributed by atoms with van der Waals surface area (Å²) in [7, 11) is 0. The molecule has 0 aromatic heterocycles. The van der Waals surface area contributed by atoms with Crippen molar-refractivity contribution >= 4 is 35.0 Å². The van der Waals surface area contributed by atoms with Crippen LogP contribution in [-0.2, 0) is 0 Å². The standard InChI is InChI=1S/C28H31N5O4/c1-15(28(2,3)4)32-25(34)17-7-11-21(23(13-17)27(36)37)20-12-8-18(29)14-22(20)26(35)33-19-9-5-16(6-10-19)24(30)31/h5-15H,29H2,1-4H3,(H3,30,31)(H,32,34)(H,33,35)(H,36,37)/t15-/m1/s1. The third-order valence-corrected chi connectivity index (χ3v) is 6.19.